The van der Waals surface area contributed by atoms with Gasteiger partial charge in [0.25, 0.3) is 0 Å². The molecule has 3 nitrogen and oxygen atoms in total. The van der Waals surface area contributed by atoms with Gasteiger partial charge in [0.15, 0.2) is 0 Å². The molecule has 1 unspecified atom stereocenters. The van der Waals surface area contributed by atoms with Crippen LogP contribution in [-0.4, -0.2) is 19.0 Å². The molecule has 0 aliphatic heterocycles. The number of para-hydroxylation sites is 1. The van der Waals surface area contributed by atoms with Gasteiger partial charge in [-0.05, 0) is 30.9 Å². The lowest BCUT2D eigenvalue weighted by atomic mass is 9.85. The zero-order chi connectivity index (χ0) is 13.0. The Balaban J connectivity index is 0.00000180. The van der Waals surface area contributed by atoms with Gasteiger partial charge in [-0.2, -0.15) is 0 Å². The highest BCUT2D eigenvalue weighted by atomic mass is 35.5. The zero-order valence-electron chi connectivity index (χ0n) is 11.4. The van der Waals surface area contributed by atoms with Crippen LogP contribution >= 0.6 is 12.4 Å². The quantitative estimate of drug-likeness (QED) is 0.903. The molecule has 0 spiro atoms. The maximum absolute atomic E-state index is 12.4. The summed E-state index contributed by atoms with van der Waals surface area (Å²) >= 11 is 0. The Morgan fingerprint density at radius 1 is 1.37 bits per heavy atom. The maximum Gasteiger partial charge on any atom is 0.231 e. The van der Waals surface area contributed by atoms with Crippen LogP contribution in [-0.2, 0) is 4.79 Å². The van der Waals surface area contributed by atoms with Gasteiger partial charge in [-0.25, -0.2) is 0 Å². The molecule has 1 atom stereocenters. The third kappa shape index (κ3) is 3.95. The highest BCUT2D eigenvalue weighted by Crippen LogP contribution is 2.29. The molecule has 1 amide bonds. The van der Waals surface area contributed by atoms with Gasteiger partial charge in [-0.1, -0.05) is 31.5 Å². The largest absolute Gasteiger partial charge is 0.330 e. The molecule has 1 aliphatic rings. The summed E-state index contributed by atoms with van der Waals surface area (Å²) in [4.78, 5) is 14.3. The highest BCUT2D eigenvalue weighted by Gasteiger charge is 2.26. The van der Waals surface area contributed by atoms with E-state index in [2.05, 4.69) is 0 Å². The monoisotopic (exact) mass is 282 g/mol. The summed E-state index contributed by atoms with van der Waals surface area (Å²) in [6.07, 6.45) is 3.79. The average molecular weight is 283 g/mol. The first kappa shape index (κ1) is 16.0. The normalized spacial score (nSPS) is 16.1. The van der Waals surface area contributed by atoms with E-state index in [-0.39, 0.29) is 24.2 Å². The summed E-state index contributed by atoms with van der Waals surface area (Å²) in [5.41, 5.74) is 6.61. The number of amides is 1. The molecule has 2 rings (SSSR count). The first-order valence-electron chi connectivity index (χ1n) is 6.79. The van der Waals surface area contributed by atoms with Crippen LogP contribution in [0.3, 0.4) is 0 Å². The second-order valence-electron chi connectivity index (χ2n) is 5.22. The number of carbonyl (C=O) groups excluding carboxylic acids is 1. The molecule has 1 fully saturated rings. The second kappa shape index (κ2) is 7.51. The van der Waals surface area contributed by atoms with Crippen LogP contribution in [0.15, 0.2) is 30.3 Å². The van der Waals surface area contributed by atoms with E-state index in [1.54, 1.807) is 0 Å². The second-order valence-corrected chi connectivity index (χ2v) is 5.22. The lowest BCUT2D eigenvalue weighted by Crippen LogP contribution is -2.42. The summed E-state index contributed by atoms with van der Waals surface area (Å²) in [5, 5.41) is 0. The van der Waals surface area contributed by atoms with Gasteiger partial charge in [0.1, 0.15) is 0 Å². The van der Waals surface area contributed by atoms with Gasteiger partial charge < -0.3 is 10.6 Å². The number of anilines is 1. The Morgan fingerprint density at radius 3 is 2.47 bits per heavy atom. The van der Waals surface area contributed by atoms with Gasteiger partial charge in [-0.15, -0.1) is 12.4 Å². The molecule has 0 bridgehead atoms. The van der Waals surface area contributed by atoms with Crippen LogP contribution in [0.25, 0.3) is 0 Å². The van der Waals surface area contributed by atoms with Gasteiger partial charge in [0.2, 0.25) is 5.91 Å². The van der Waals surface area contributed by atoms with E-state index in [0.29, 0.717) is 12.5 Å². The first-order chi connectivity index (χ1) is 8.72. The first-order valence-corrected chi connectivity index (χ1v) is 6.79. The Kier molecular flexibility index (Phi) is 6.32. The summed E-state index contributed by atoms with van der Waals surface area (Å²) in [5.74, 6) is 0.708. The van der Waals surface area contributed by atoms with Crippen LogP contribution in [0, 0.1) is 11.8 Å². The standard InChI is InChI=1S/C15H22N2O.ClH/c1-12(10-16)15(18)17(11-13-6-5-7-13)14-8-3-2-4-9-14;/h2-4,8-9,12-13H,5-7,10-11,16H2,1H3;1H. The van der Waals surface area contributed by atoms with Crippen LogP contribution in [0.5, 0.6) is 0 Å². The van der Waals surface area contributed by atoms with Crippen molar-refractivity contribution < 1.29 is 4.79 Å². The van der Waals surface area contributed by atoms with Crippen molar-refractivity contribution in [3.05, 3.63) is 30.3 Å². The number of nitrogens with zero attached hydrogens (tertiary/aromatic N) is 1. The molecule has 0 saturated heterocycles. The van der Waals surface area contributed by atoms with Crippen molar-refractivity contribution in [2.45, 2.75) is 26.2 Å². The minimum absolute atomic E-state index is 0. The molecule has 0 aromatic heterocycles. The topological polar surface area (TPSA) is 46.3 Å². The molecule has 0 radical (unpaired) electrons. The molecule has 2 N–H and O–H groups in total. The number of carbonyl (C=O) groups is 1. The van der Waals surface area contributed by atoms with Gasteiger partial charge in [0, 0.05) is 24.7 Å². The molecule has 106 valence electrons. The molecule has 1 aliphatic carbocycles. The summed E-state index contributed by atoms with van der Waals surface area (Å²) in [6, 6.07) is 9.93. The fourth-order valence-electron chi connectivity index (χ4n) is 2.23. The van der Waals surface area contributed by atoms with Crippen LogP contribution in [0.4, 0.5) is 5.69 Å². The fraction of sp³-hybridized carbons (Fsp3) is 0.533. The Labute approximate surface area is 121 Å². The predicted molar refractivity (Wildman–Crippen MR) is 81.6 cm³/mol. The smallest absolute Gasteiger partial charge is 0.231 e. The van der Waals surface area contributed by atoms with Gasteiger partial charge in [0.05, 0.1) is 0 Å². The third-order valence-corrected chi connectivity index (χ3v) is 3.77. The Morgan fingerprint density at radius 2 is 2.00 bits per heavy atom. The zero-order valence-corrected chi connectivity index (χ0v) is 12.2. The van der Waals surface area contributed by atoms with E-state index in [4.69, 9.17) is 5.73 Å². The molecule has 4 heteroatoms. The van der Waals surface area contributed by atoms with Crippen molar-refractivity contribution in [2.24, 2.45) is 17.6 Å². The average Bonchev–Trinajstić information content (AvgIpc) is 2.37. The molecular weight excluding hydrogens is 260 g/mol. The lowest BCUT2D eigenvalue weighted by Gasteiger charge is -2.33. The van der Waals surface area contributed by atoms with Gasteiger partial charge >= 0.3 is 0 Å². The third-order valence-electron chi connectivity index (χ3n) is 3.77. The van der Waals surface area contributed by atoms with Crippen LogP contribution in [0.2, 0.25) is 0 Å². The summed E-state index contributed by atoms with van der Waals surface area (Å²) in [6.45, 7) is 3.15. The Hall–Kier alpha value is -1.06. The van der Waals surface area contributed by atoms with E-state index < -0.39 is 0 Å². The molecule has 1 aromatic carbocycles. The van der Waals surface area contributed by atoms with Crippen molar-refractivity contribution in [3.8, 4) is 0 Å². The minimum atomic E-state index is -0.106. The van der Waals surface area contributed by atoms with E-state index in [0.717, 1.165) is 12.2 Å². The van der Waals surface area contributed by atoms with E-state index in [1.165, 1.54) is 19.3 Å². The fourth-order valence-corrected chi connectivity index (χ4v) is 2.23. The number of hydrogen-bond acceptors (Lipinski definition) is 2. The maximum atomic E-state index is 12.4. The van der Waals surface area contributed by atoms with E-state index >= 15 is 0 Å². The van der Waals surface area contributed by atoms with Crippen LogP contribution in [0.1, 0.15) is 26.2 Å². The van der Waals surface area contributed by atoms with Gasteiger partial charge in [-0.3, -0.25) is 4.79 Å². The molecule has 1 aromatic rings. The number of benzene rings is 1. The van der Waals surface area contributed by atoms with Crippen molar-refractivity contribution in [3.63, 3.8) is 0 Å². The number of halogens is 1. The minimum Gasteiger partial charge on any atom is -0.330 e. The summed E-state index contributed by atoms with van der Waals surface area (Å²) < 4.78 is 0. The lowest BCUT2D eigenvalue weighted by molar-refractivity contribution is -0.121. The van der Waals surface area contributed by atoms with Crippen molar-refractivity contribution >= 4 is 24.0 Å². The van der Waals surface area contributed by atoms with Crippen LogP contribution < -0.4 is 10.6 Å². The molecule has 1 saturated carbocycles. The number of hydrogen-bond donors (Lipinski definition) is 1. The molecule has 0 heterocycles. The predicted octanol–water partition coefficient (Wildman–Crippen LogP) is 2.84. The SMILES string of the molecule is CC(CN)C(=O)N(CC1CCC1)c1ccccc1.Cl. The molecule has 19 heavy (non-hydrogen) atoms. The number of rotatable bonds is 5. The number of nitrogens with two attached hydrogens (primary N) is 1. The van der Waals surface area contributed by atoms with Crippen molar-refractivity contribution in [1.29, 1.82) is 0 Å². The van der Waals surface area contributed by atoms with Crippen molar-refractivity contribution in [2.75, 3.05) is 18.0 Å². The van der Waals surface area contributed by atoms with Crippen molar-refractivity contribution in [1.82, 2.24) is 0 Å². The van der Waals surface area contributed by atoms with E-state index in [1.807, 2.05) is 42.2 Å². The molecular formula is C15H23ClN2O. The Bertz CT molecular complexity index is 392. The highest BCUT2D eigenvalue weighted by molar-refractivity contribution is 5.95. The summed E-state index contributed by atoms with van der Waals surface area (Å²) in [7, 11) is 0. The van der Waals surface area contributed by atoms with E-state index in [9.17, 15) is 4.79 Å².